The van der Waals surface area contributed by atoms with Crippen LogP contribution in [0.15, 0.2) is 12.2 Å². The summed E-state index contributed by atoms with van der Waals surface area (Å²) in [5, 5.41) is 10.9. The molecule has 0 N–H and O–H groups in total. The molecule has 0 saturated heterocycles. The molecular weight excluding hydrogens is 186 g/mol. The lowest BCUT2D eigenvalue weighted by Crippen LogP contribution is -2.42. The summed E-state index contributed by atoms with van der Waals surface area (Å²) in [6.07, 6.45) is 5.37. The van der Waals surface area contributed by atoms with Crippen molar-refractivity contribution >= 4 is 5.97 Å². The summed E-state index contributed by atoms with van der Waals surface area (Å²) in [5.41, 5.74) is -1.19. The van der Waals surface area contributed by atoms with Crippen LogP contribution in [0.2, 0.25) is 0 Å². The first-order valence-electron chi connectivity index (χ1n) is 4.52. The zero-order valence-corrected chi connectivity index (χ0v) is 8.06. The molecule has 1 rings (SSSR count). The molecule has 14 heavy (non-hydrogen) atoms. The molecule has 0 spiro atoms. The molecule has 1 unspecified atom stereocenters. The fourth-order valence-electron chi connectivity index (χ4n) is 1.46. The molecule has 0 bridgehead atoms. The molecule has 0 saturated carbocycles. The molecular formula is C9H13NO4. The van der Waals surface area contributed by atoms with Gasteiger partial charge in [-0.15, -0.1) is 0 Å². The highest BCUT2D eigenvalue weighted by Gasteiger charge is 2.42. The minimum absolute atomic E-state index is 0.161. The highest BCUT2D eigenvalue weighted by molar-refractivity contribution is 5.66. The van der Waals surface area contributed by atoms with Gasteiger partial charge in [0.1, 0.15) is 0 Å². The number of hydrogen-bond donors (Lipinski definition) is 0. The Balaban J connectivity index is 2.71. The maximum Gasteiger partial charge on any atom is 0.302 e. The molecule has 0 aromatic rings. The Morgan fingerprint density at radius 3 is 2.86 bits per heavy atom. The summed E-state index contributed by atoms with van der Waals surface area (Å²) in [5.74, 6) is -0.481. The zero-order chi connectivity index (χ0) is 10.6. The SMILES string of the molecule is CC(=O)OCC1([N+](=O)[O-])C=CCCC1. The van der Waals surface area contributed by atoms with Crippen LogP contribution in [0, 0.1) is 10.1 Å². The van der Waals surface area contributed by atoms with E-state index in [2.05, 4.69) is 0 Å². The van der Waals surface area contributed by atoms with Gasteiger partial charge in [0.2, 0.25) is 0 Å². The fourth-order valence-corrected chi connectivity index (χ4v) is 1.46. The molecule has 5 nitrogen and oxygen atoms in total. The Kier molecular flexibility index (Phi) is 3.22. The van der Waals surface area contributed by atoms with Crippen molar-refractivity contribution in [1.82, 2.24) is 0 Å². The molecule has 0 heterocycles. The average molecular weight is 199 g/mol. The number of allylic oxidation sites excluding steroid dienone is 1. The number of nitrogens with zero attached hydrogens (tertiary/aromatic N) is 1. The van der Waals surface area contributed by atoms with Crippen LogP contribution < -0.4 is 0 Å². The second kappa shape index (κ2) is 4.21. The Hall–Kier alpha value is -1.39. The summed E-state index contributed by atoms with van der Waals surface area (Å²) < 4.78 is 4.71. The maximum atomic E-state index is 10.9. The van der Waals surface area contributed by atoms with E-state index < -0.39 is 11.5 Å². The van der Waals surface area contributed by atoms with Crippen molar-refractivity contribution in [3.05, 3.63) is 22.3 Å². The Bertz CT molecular complexity index is 274. The van der Waals surface area contributed by atoms with E-state index in [9.17, 15) is 14.9 Å². The topological polar surface area (TPSA) is 69.4 Å². The van der Waals surface area contributed by atoms with Crippen LogP contribution in [0.5, 0.6) is 0 Å². The lowest BCUT2D eigenvalue weighted by molar-refractivity contribution is -0.560. The molecule has 5 heteroatoms. The molecule has 0 amide bonds. The quantitative estimate of drug-likeness (QED) is 0.297. The third-order valence-electron chi connectivity index (χ3n) is 2.30. The first-order valence-corrected chi connectivity index (χ1v) is 4.52. The number of carbonyl (C=O) groups excluding carboxylic acids is 1. The maximum absolute atomic E-state index is 10.9. The second-order valence-corrected chi connectivity index (χ2v) is 3.44. The van der Waals surface area contributed by atoms with Crippen LogP contribution >= 0.6 is 0 Å². The lowest BCUT2D eigenvalue weighted by atomic mass is 9.89. The molecule has 1 aliphatic rings. The number of carbonyl (C=O) groups is 1. The summed E-state index contributed by atoms with van der Waals surface area (Å²) in [6.45, 7) is 1.09. The monoisotopic (exact) mass is 199 g/mol. The van der Waals surface area contributed by atoms with Gasteiger partial charge in [-0.3, -0.25) is 14.9 Å². The van der Waals surface area contributed by atoms with E-state index in [-0.39, 0.29) is 11.5 Å². The van der Waals surface area contributed by atoms with Crippen LogP contribution in [-0.2, 0) is 9.53 Å². The molecule has 78 valence electrons. The van der Waals surface area contributed by atoms with E-state index in [4.69, 9.17) is 4.74 Å². The highest BCUT2D eigenvalue weighted by Crippen LogP contribution is 2.25. The minimum Gasteiger partial charge on any atom is -0.458 e. The third-order valence-corrected chi connectivity index (χ3v) is 2.30. The zero-order valence-electron chi connectivity index (χ0n) is 8.06. The molecule has 0 aromatic carbocycles. The normalized spacial score (nSPS) is 25.8. The number of rotatable bonds is 3. The fraction of sp³-hybridized carbons (Fsp3) is 0.667. The van der Waals surface area contributed by atoms with Gasteiger partial charge in [-0.25, -0.2) is 0 Å². The summed E-state index contributed by atoms with van der Waals surface area (Å²) in [7, 11) is 0. The summed E-state index contributed by atoms with van der Waals surface area (Å²) >= 11 is 0. The highest BCUT2D eigenvalue weighted by atomic mass is 16.6. The third kappa shape index (κ3) is 2.31. The largest absolute Gasteiger partial charge is 0.458 e. The van der Waals surface area contributed by atoms with Gasteiger partial charge in [-0.1, -0.05) is 6.08 Å². The first-order chi connectivity index (χ1) is 6.57. The van der Waals surface area contributed by atoms with Crippen molar-refractivity contribution < 1.29 is 14.5 Å². The van der Waals surface area contributed by atoms with Crippen LogP contribution in [-0.4, -0.2) is 23.0 Å². The lowest BCUT2D eigenvalue weighted by Gasteiger charge is -2.23. The van der Waals surface area contributed by atoms with Gasteiger partial charge in [-0.2, -0.15) is 0 Å². The van der Waals surface area contributed by atoms with Gasteiger partial charge in [-0.05, 0) is 18.9 Å². The average Bonchev–Trinajstić information content (AvgIpc) is 2.16. The van der Waals surface area contributed by atoms with Crippen LogP contribution in [0.3, 0.4) is 0 Å². The van der Waals surface area contributed by atoms with E-state index in [0.717, 1.165) is 12.8 Å². The van der Waals surface area contributed by atoms with Gasteiger partial charge in [0.05, 0.1) is 0 Å². The molecule has 1 aliphatic carbocycles. The van der Waals surface area contributed by atoms with Crippen LogP contribution in [0.1, 0.15) is 26.2 Å². The van der Waals surface area contributed by atoms with E-state index in [1.54, 1.807) is 12.2 Å². The standard InChI is InChI=1S/C9H13NO4/c1-8(11)14-7-9(10(12)13)5-3-2-4-6-9/h3,5H,2,4,6-7H2,1H3. The Labute approximate surface area is 81.9 Å². The van der Waals surface area contributed by atoms with Gasteiger partial charge in [0, 0.05) is 18.3 Å². The molecule has 0 aliphatic heterocycles. The van der Waals surface area contributed by atoms with E-state index in [1.165, 1.54) is 6.92 Å². The molecule has 0 aromatic heterocycles. The summed E-state index contributed by atoms with van der Waals surface area (Å²) in [4.78, 5) is 21.1. The van der Waals surface area contributed by atoms with Gasteiger partial charge in [0.25, 0.3) is 5.54 Å². The Morgan fingerprint density at radius 2 is 2.43 bits per heavy atom. The van der Waals surface area contributed by atoms with Crippen LogP contribution in [0.4, 0.5) is 0 Å². The molecule has 0 fully saturated rings. The second-order valence-electron chi connectivity index (χ2n) is 3.44. The minimum atomic E-state index is -1.19. The van der Waals surface area contributed by atoms with Gasteiger partial charge < -0.3 is 4.74 Å². The number of nitro groups is 1. The molecule has 1 atom stereocenters. The predicted molar refractivity (Wildman–Crippen MR) is 49.3 cm³/mol. The number of ether oxygens (including phenoxy) is 1. The van der Waals surface area contributed by atoms with Gasteiger partial charge in [0.15, 0.2) is 6.61 Å². The Morgan fingerprint density at radius 1 is 1.71 bits per heavy atom. The van der Waals surface area contributed by atoms with E-state index in [0.29, 0.717) is 6.42 Å². The van der Waals surface area contributed by atoms with E-state index in [1.807, 2.05) is 0 Å². The smallest absolute Gasteiger partial charge is 0.302 e. The molecule has 0 radical (unpaired) electrons. The van der Waals surface area contributed by atoms with Crippen molar-refractivity contribution in [1.29, 1.82) is 0 Å². The number of esters is 1. The summed E-state index contributed by atoms with van der Waals surface area (Å²) in [6, 6.07) is 0. The van der Waals surface area contributed by atoms with E-state index >= 15 is 0 Å². The van der Waals surface area contributed by atoms with Crippen molar-refractivity contribution in [2.45, 2.75) is 31.7 Å². The number of hydrogen-bond acceptors (Lipinski definition) is 4. The van der Waals surface area contributed by atoms with Crippen molar-refractivity contribution in [2.75, 3.05) is 6.61 Å². The van der Waals surface area contributed by atoms with Crippen molar-refractivity contribution in [3.8, 4) is 0 Å². The van der Waals surface area contributed by atoms with Crippen molar-refractivity contribution in [2.24, 2.45) is 0 Å². The predicted octanol–water partition coefficient (Wildman–Crippen LogP) is 1.31. The first kappa shape index (κ1) is 10.7. The van der Waals surface area contributed by atoms with Crippen LogP contribution in [0.25, 0.3) is 0 Å². The van der Waals surface area contributed by atoms with Crippen molar-refractivity contribution in [3.63, 3.8) is 0 Å². The van der Waals surface area contributed by atoms with Gasteiger partial charge >= 0.3 is 5.97 Å².